The minimum atomic E-state index is -1.26. The molecular formula is C18H24ClN3O6. The van der Waals surface area contributed by atoms with Crippen LogP contribution in [0.3, 0.4) is 0 Å². The number of hydrogen-bond acceptors (Lipinski definition) is 7. The highest BCUT2D eigenvalue weighted by Gasteiger charge is 2.26. The van der Waals surface area contributed by atoms with Crippen molar-refractivity contribution in [2.24, 2.45) is 5.16 Å². The molecule has 0 bridgehead atoms. The first-order valence-electron chi connectivity index (χ1n) is 8.67. The predicted molar refractivity (Wildman–Crippen MR) is 103 cm³/mol. The van der Waals surface area contributed by atoms with Crippen molar-refractivity contribution in [2.75, 3.05) is 13.1 Å². The van der Waals surface area contributed by atoms with Crippen molar-refractivity contribution in [3.63, 3.8) is 0 Å². The van der Waals surface area contributed by atoms with Gasteiger partial charge in [0.05, 0.1) is 0 Å². The normalized spacial score (nSPS) is 17.3. The molecule has 154 valence electrons. The van der Waals surface area contributed by atoms with Crippen LogP contribution in [0.1, 0.15) is 31.7 Å². The van der Waals surface area contributed by atoms with Gasteiger partial charge in [-0.25, -0.2) is 9.59 Å². The van der Waals surface area contributed by atoms with Crippen LogP contribution < -0.4 is 0 Å². The number of aliphatic hydroxyl groups is 1. The number of aliphatic carboxylic acids is 2. The molecule has 0 aliphatic carbocycles. The van der Waals surface area contributed by atoms with E-state index in [0.717, 1.165) is 25.9 Å². The van der Waals surface area contributed by atoms with Crippen molar-refractivity contribution in [1.29, 1.82) is 0 Å². The van der Waals surface area contributed by atoms with Crippen molar-refractivity contribution in [3.05, 3.63) is 42.2 Å². The van der Waals surface area contributed by atoms with Crippen LogP contribution in [0.2, 0.25) is 0 Å². The molecule has 9 nitrogen and oxygen atoms in total. The van der Waals surface area contributed by atoms with Crippen LogP contribution in [0.15, 0.2) is 41.8 Å². The van der Waals surface area contributed by atoms with Gasteiger partial charge in [0.25, 0.3) is 0 Å². The summed E-state index contributed by atoms with van der Waals surface area (Å²) in [5.41, 5.74) is 0.692. The Kier molecular flexibility index (Phi) is 10.8. The van der Waals surface area contributed by atoms with Gasteiger partial charge in [-0.2, -0.15) is 0 Å². The Morgan fingerprint density at radius 3 is 2.32 bits per heavy atom. The summed E-state index contributed by atoms with van der Waals surface area (Å²) in [6.45, 7) is 3.53. The summed E-state index contributed by atoms with van der Waals surface area (Å²) in [4.78, 5) is 30.7. The Morgan fingerprint density at radius 2 is 1.86 bits per heavy atom. The van der Waals surface area contributed by atoms with Crippen LogP contribution in [0.5, 0.6) is 0 Å². The van der Waals surface area contributed by atoms with Gasteiger partial charge in [0.15, 0.2) is 5.17 Å². The second kappa shape index (κ2) is 12.8. The van der Waals surface area contributed by atoms with E-state index >= 15 is 0 Å². The quantitative estimate of drug-likeness (QED) is 0.350. The molecule has 3 N–H and O–H groups in total. The highest BCUT2D eigenvalue weighted by atomic mass is 35.5. The van der Waals surface area contributed by atoms with E-state index < -0.39 is 24.3 Å². The predicted octanol–water partition coefficient (Wildman–Crippen LogP) is 1.90. The molecule has 0 radical (unpaired) electrons. The highest BCUT2D eigenvalue weighted by Crippen LogP contribution is 2.16. The molecule has 1 aromatic heterocycles. The number of piperidine rings is 1. The molecule has 1 saturated heterocycles. The lowest BCUT2D eigenvalue weighted by molar-refractivity contribution is -0.134. The largest absolute Gasteiger partial charge is 0.478 e. The Bertz CT molecular complexity index is 659. The van der Waals surface area contributed by atoms with E-state index in [9.17, 15) is 14.7 Å². The van der Waals surface area contributed by atoms with Gasteiger partial charge in [-0.1, -0.05) is 23.2 Å². The van der Waals surface area contributed by atoms with Gasteiger partial charge in [0, 0.05) is 43.2 Å². The van der Waals surface area contributed by atoms with Crippen molar-refractivity contribution in [1.82, 2.24) is 9.88 Å². The number of pyridine rings is 1. The molecular weight excluding hydrogens is 390 g/mol. The van der Waals surface area contributed by atoms with E-state index in [-0.39, 0.29) is 5.17 Å². The molecule has 0 amide bonds. The summed E-state index contributed by atoms with van der Waals surface area (Å²) < 4.78 is 0. The van der Waals surface area contributed by atoms with Crippen molar-refractivity contribution < 1.29 is 29.7 Å². The number of aromatic nitrogens is 1. The highest BCUT2D eigenvalue weighted by molar-refractivity contribution is 6.69. The van der Waals surface area contributed by atoms with E-state index in [1.54, 1.807) is 31.5 Å². The summed E-state index contributed by atoms with van der Waals surface area (Å²) in [6.07, 6.45) is 6.78. The van der Waals surface area contributed by atoms with Crippen molar-refractivity contribution in [2.45, 2.75) is 38.5 Å². The number of hydrogen-bond donors (Lipinski definition) is 3. The molecule has 2 heterocycles. The maximum atomic E-state index is 9.86. The van der Waals surface area contributed by atoms with Crippen LogP contribution in [0.4, 0.5) is 0 Å². The fourth-order valence-corrected chi connectivity index (χ4v) is 2.56. The minimum Gasteiger partial charge on any atom is -0.478 e. The second-order valence-electron chi connectivity index (χ2n) is 5.97. The number of likely N-dealkylation sites (tertiary alicyclic amines) is 1. The summed E-state index contributed by atoms with van der Waals surface area (Å²) in [6, 6.07) is 3.59. The minimum absolute atomic E-state index is 0.237. The van der Waals surface area contributed by atoms with E-state index in [4.69, 9.17) is 26.7 Å². The Labute approximate surface area is 167 Å². The number of nitrogens with zero attached hydrogens (tertiary/aromatic N) is 3. The van der Waals surface area contributed by atoms with E-state index in [2.05, 4.69) is 15.0 Å². The summed E-state index contributed by atoms with van der Waals surface area (Å²) in [5.74, 6) is -2.51. The van der Waals surface area contributed by atoms with Crippen LogP contribution in [0, 0.1) is 0 Å². The fourth-order valence-electron chi connectivity index (χ4n) is 2.41. The van der Waals surface area contributed by atoms with Gasteiger partial charge in [-0.3, -0.25) is 9.88 Å². The average Bonchev–Trinajstić information content (AvgIpc) is 2.68. The molecule has 0 aromatic carbocycles. The first kappa shape index (κ1) is 23.5. The fraction of sp³-hybridized carbons (Fsp3) is 0.444. The summed E-state index contributed by atoms with van der Waals surface area (Å²) in [7, 11) is 0. The van der Waals surface area contributed by atoms with Gasteiger partial charge < -0.3 is 20.2 Å². The van der Waals surface area contributed by atoms with Crippen molar-refractivity contribution >= 4 is 28.7 Å². The number of carbonyl (C=O) groups is 2. The molecule has 2 atom stereocenters. The van der Waals surface area contributed by atoms with Gasteiger partial charge in [0.2, 0.25) is 6.23 Å². The third-order valence-corrected chi connectivity index (χ3v) is 3.96. The third kappa shape index (κ3) is 9.45. The first-order valence-corrected chi connectivity index (χ1v) is 9.04. The smallest absolute Gasteiger partial charge is 0.328 e. The van der Waals surface area contributed by atoms with Crippen LogP contribution in [0.25, 0.3) is 0 Å². The lowest BCUT2D eigenvalue weighted by Gasteiger charge is -2.33. The number of rotatable bonds is 7. The molecule has 2 rings (SSSR count). The standard InChI is InChI=1S/C14H20ClN3O2.C4H4O4/c1-11(19)14(18-8-3-2-4-9-18)20-17-13(15)12-6-5-7-16-10-12;5-3(6)1-2-4(7)8/h5-7,10-11,14,19H,2-4,8-9H2,1H3;1-2H,(H,5,6)(H,7,8)/b;2-1-. The Morgan fingerprint density at radius 1 is 1.25 bits per heavy atom. The van der Waals surface area contributed by atoms with Crippen LogP contribution in [-0.2, 0) is 14.4 Å². The average molecular weight is 414 g/mol. The number of aliphatic hydroxyl groups excluding tert-OH is 1. The maximum Gasteiger partial charge on any atom is 0.328 e. The lowest BCUT2D eigenvalue weighted by atomic mass is 10.1. The second-order valence-corrected chi connectivity index (χ2v) is 6.32. The molecule has 2 unspecified atom stereocenters. The zero-order chi connectivity index (χ0) is 20.9. The molecule has 28 heavy (non-hydrogen) atoms. The van der Waals surface area contributed by atoms with Crippen LogP contribution in [-0.4, -0.2) is 67.7 Å². The third-order valence-electron chi connectivity index (χ3n) is 3.67. The topological polar surface area (TPSA) is 133 Å². The van der Waals surface area contributed by atoms with Gasteiger partial charge in [-0.15, -0.1) is 0 Å². The number of halogens is 1. The molecule has 10 heteroatoms. The monoisotopic (exact) mass is 413 g/mol. The Hall–Kier alpha value is -2.49. The molecule has 1 aliphatic heterocycles. The number of carboxylic acid groups (broad SMARTS) is 2. The van der Waals surface area contributed by atoms with E-state index in [1.165, 1.54) is 6.42 Å². The molecule has 0 saturated carbocycles. The van der Waals surface area contributed by atoms with E-state index in [0.29, 0.717) is 17.7 Å². The van der Waals surface area contributed by atoms with Gasteiger partial charge in [-0.05, 0) is 31.9 Å². The maximum absolute atomic E-state index is 9.86. The summed E-state index contributed by atoms with van der Waals surface area (Å²) in [5, 5.41) is 29.6. The Balaban J connectivity index is 0.000000416. The first-order chi connectivity index (χ1) is 13.3. The number of carboxylic acids is 2. The molecule has 1 aliphatic rings. The van der Waals surface area contributed by atoms with Gasteiger partial charge >= 0.3 is 11.9 Å². The van der Waals surface area contributed by atoms with Crippen LogP contribution >= 0.6 is 11.6 Å². The van der Waals surface area contributed by atoms with E-state index in [1.807, 2.05) is 0 Å². The zero-order valence-corrected chi connectivity index (χ0v) is 16.2. The summed E-state index contributed by atoms with van der Waals surface area (Å²) >= 11 is 6.08. The molecule has 1 fully saturated rings. The van der Waals surface area contributed by atoms with Crippen molar-refractivity contribution in [3.8, 4) is 0 Å². The van der Waals surface area contributed by atoms with Gasteiger partial charge in [0.1, 0.15) is 6.10 Å². The zero-order valence-electron chi connectivity index (χ0n) is 15.4. The molecule has 0 spiro atoms. The lowest BCUT2D eigenvalue weighted by Crippen LogP contribution is -2.46. The number of oxime groups is 1. The SMILES string of the molecule is CC(O)C(ON=C(Cl)c1cccnc1)N1CCCCC1.O=C(O)/C=C\C(=O)O. The molecule has 1 aromatic rings.